The molecule has 6 nitrogen and oxygen atoms in total. The molecule has 0 saturated heterocycles. The van der Waals surface area contributed by atoms with E-state index in [4.69, 9.17) is 14.2 Å². The van der Waals surface area contributed by atoms with Crippen molar-refractivity contribution in [1.82, 2.24) is 4.98 Å². The molecule has 0 aliphatic rings. The van der Waals surface area contributed by atoms with E-state index in [-0.39, 0.29) is 24.3 Å². The normalized spacial score (nSPS) is 10.5. The van der Waals surface area contributed by atoms with Crippen molar-refractivity contribution < 1.29 is 23.8 Å². The van der Waals surface area contributed by atoms with E-state index in [9.17, 15) is 9.59 Å². The molecular weight excluding hydrogens is 370 g/mol. The molecule has 29 heavy (non-hydrogen) atoms. The van der Waals surface area contributed by atoms with Gasteiger partial charge in [-0.2, -0.15) is 0 Å². The Morgan fingerprint density at radius 2 is 1.38 bits per heavy atom. The zero-order chi connectivity index (χ0) is 21.4. The highest BCUT2D eigenvalue weighted by molar-refractivity contribution is 6.07. The second kappa shape index (κ2) is 10.6. The van der Waals surface area contributed by atoms with Crippen LogP contribution in [0.4, 0.5) is 0 Å². The van der Waals surface area contributed by atoms with Crippen LogP contribution in [0.2, 0.25) is 0 Å². The molecule has 0 saturated carbocycles. The highest BCUT2D eigenvalue weighted by Gasteiger charge is 2.27. The third kappa shape index (κ3) is 5.34. The van der Waals surface area contributed by atoms with E-state index in [1.807, 2.05) is 24.3 Å². The first-order valence-electron chi connectivity index (χ1n) is 10.0. The Kier molecular flexibility index (Phi) is 8.19. The van der Waals surface area contributed by atoms with Gasteiger partial charge in [-0.25, -0.2) is 9.59 Å². The van der Waals surface area contributed by atoms with Crippen molar-refractivity contribution in [2.24, 2.45) is 0 Å². The predicted octanol–water partition coefficient (Wildman–Crippen LogP) is 4.90. The number of aryl methyl sites for hydroxylation is 2. The van der Waals surface area contributed by atoms with Crippen LogP contribution in [0.25, 0.3) is 11.1 Å². The Morgan fingerprint density at radius 3 is 1.83 bits per heavy atom. The second-order valence-corrected chi connectivity index (χ2v) is 6.57. The Labute approximate surface area is 172 Å². The number of unbranched alkanes of at least 4 members (excludes halogenated alkanes) is 1. The molecule has 0 aliphatic carbocycles. The summed E-state index contributed by atoms with van der Waals surface area (Å²) in [6.45, 7) is 10.2. The maximum absolute atomic E-state index is 12.7. The van der Waals surface area contributed by atoms with Crippen LogP contribution >= 0.6 is 0 Å². The van der Waals surface area contributed by atoms with E-state index in [1.54, 1.807) is 27.7 Å². The third-order valence-corrected chi connectivity index (χ3v) is 4.43. The van der Waals surface area contributed by atoms with Crippen molar-refractivity contribution in [3.63, 3.8) is 0 Å². The summed E-state index contributed by atoms with van der Waals surface area (Å²) in [6.07, 6.45) is 2.03. The minimum atomic E-state index is -0.513. The Balaban J connectivity index is 2.62. The van der Waals surface area contributed by atoms with Crippen LogP contribution in [0.15, 0.2) is 24.3 Å². The fraction of sp³-hybridized carbons (Fsp3) is 0.435. The van der Waals surface area contributed by atoms with Crippen molar-refractivity contribution in [3.05, 3.63) is 46.8 Å². The number of pyridine rings is 1. The number of esters is 2. The Hall–Kier alpha value is -2.89. The van der Waals surface area contributed by atoms with Gasteiger partial charge in [0, 0.05) is 5.56 Å². The largest absolute Gasteiger partial charge is 0.494 e. The van der Waals surface area contributed by atoms with Crippen molar-refractivity contribution in [3.8, 4) is 16.9 Å². The molecule has 0 aliphatic heterocycles. The van der Waals surface area contributed by atoms with Gasteiger partial charge in [0.05, 0.1) is 42.3 Å². The molecule has 0 unspecified atom stereocenters. The number of hydrogen-bond donors (Lipinski definition) is 0. The zero-order valence-corrected chi connectivity index (χ0v) is 17.8. The molecular formula is C23H29NO5. The molecule has 2 aromatic rings. The van der Waals surface area contributed by atoms with E-state index >= 15 is 0 Å². The zero-order valence-electron chi connectivity index (χ0n) is 17.8. The van der Waals surface area contributed by atoms with Gasteiger partial charge in [0.15, 0.2) is 0 Å². The number of carbonyl (C=O) groups is 2. The molecule has 0 atom stereocenters. The summed E-state index contributed by atoms with van der Waals surface area (Å²) in [5.41, 5.74) is 2.75. The first kappa shape index (κ1) is 22.4. The summed E-state index contributed by atoms with van der Waals surface area (Å²) in [5.74, 6) is -0.289. The Bertz CT molecular complexity index is 816. The van der Waals surface area contributed by atoms with Gasteiger partial charge in [-0.3, -0.25) is 4.98 Å². The maximum atomic E-state index is 12.7. The van der Waals surface area contributed by atoms with Gasteiger partial charge in [0.25, 0.3) is 0 Å². The molecule has 0 bridgehead atoms. The van der Waals surface area contributed by atoms with Crippen molar-refractivity contribution in [1.29, 1.82) is 0 Å². The van der Waals surface area contributed by atoms with E-state index in [2.05, 4.69) is 11.9 Å². The second-order valence-electron chi connectivity index (χ2n) is 6.57. The predicted molar refractivity (Wildman–Crippen MR) is 111 cm³/mol. The maximum Gasteiger partial charge on any atom is 0.340 e. The van der Waals surface area contributed by atoms with Gasteiger partial charge >= 0.3 is 11.9 Å². The van der Waals surface area contributed by atoms with Gasteiger partial charge in [-0.05, 0) is 51.8 Å². The van der Waals surface area contributed by atoms with Gasteiger partial charge in [-0.15, -0.1) is 0 Å². The molecule has 1 aromatic heterocycles. The number of carbonyl (C=O) groups excluding carboxylic acids is 2. The summed E-state index contributed by atoms with van der Waals surface area (Å²) in [7, 11) is 0. The number of rotatable bonds is 9. The first-order valence-corrected chi connectivity index (χ1v) is 10.0. The van der Waals surface area contributed by atoms with Crippen LogP contribution in [0.3, 0.4) is 0 Å². The van der Waals surface area contributed by atoms with E-state index in [0.717, 1.165) is 18.6 Å². The van der Waals surface area contributed by atoms with Crippen molar-refractivity contribution in [2.45, 2.75) is 47.5 Å². The van der Waals surface area contributed by atoms with Crippen LogP contribution in [0.5, 0.6) is 5.75 Å². The SMILES string of the molecule is CCCCOc1ccc(-c2c(C(=O)OCC)c(C)nc(C)c2C(=O)OCC)cc1. The highest BCUT2D eigenvalue weighted by Crippen LogP contribution is 2.33. The lowest BCUT2D eigenvalue weighted by molar-refractivity contribution is 0.0525. The summed E-state index contributed by atoms with van der Waals surface area (Å²) >= 11 is 0. The molecule has 6 heteroatoms. The number of hydrogen-bond acceptors (Lipinski definition) is 6. The van der Waals surface area contributed by atoms with Gasteiger partial charge in [-0.1, -0.05) is 25.5 Å². The third-order valence-electron chi connectivity index (χ3n) is 4.43. The van der Waals surface area contributed by atoms with Crippen LogP contribution < -0.4 is 4.74 Å². The van der Waals surface area contributed by atoms with E-state index < -0.39 is 11.9 Å². The van der Waals surface area contributed by atoms with Gasteiger partial charge < -0.3 is 14.2 Å². The van der Waals surface area contributed by atoms with Crippen LogP contribution in [-0.2, 0) is 9.47 Å². The standard InChI is InChI=1S/C23H29NO5/c1-6-9-14-29-18-12-10-17(11-13-18)21-19(22(25)27-7-2)15(4)24-16(5)20(21)23(26)28-8-3/h10-13H,6-9,14H2,1-5H3. The molecule has 156 valence electrons. The highest BCUT2D eigenvalue weighted by atomic mass is 16.5. The van der Waals surface area contributed by atoms with Crippen molar-refractivity contribution >= 4 is 11.9 Å². The lowest BCUT2D eigenvalue weighted by Gasteiger charge is -2.18. The summed E-state index contributed by atoms with van der Waals surface area (Å²) in [5, 5.41) is 0. The molecule has 1 heterocycles. The van der Waals surface area contributed by atoms with Crippen LogP contribution in [0.1, 0.15) is 65.7 Å². The fourth-order valence-electron chi connectivity index (χ4n) is 3.10. The molecule has 0 N–H and O–H groups in total. The Morgan fingerprint density at radius 1 is 0.862 bits per heavy atom. The fourth-order valence-corrected chi connectivity index (χ4v) is 3.10. The minimum absolute atomic E-state index is 0.227. The van der Waals surface area contributed by atoms with E-state index in [0.29, 0.717) is 29.1 Å². The van der Waals surface area contributed by atoms with Crippen molar-refractivity contribution in [2.75, 3.05) is 19.8 Å². The summed E-state index contributed by atoms with van der Waals surface area (Å²) in [4.78, 5) is 29.8. The lowest BCUT2D eigenvalue weighted by atomic mass is 9.92. The molecule has 1 aromatic carbocycles. The number of ether oxygens (including phenoxy) is 3. The molecule has 0 radical (unpaired) electrons. The number of nitrogens with zero attached hydrogens (tertiary/aromatic N) is 1. The number of benzene rings is 1. The molecule has 0 fully saturated rings. The van der Waals surface area contributed by atoms with E-state index in [1.165, 1.54) is 0 Å². The smallest absolute Gasteiger partial charge is 0.340 e. The summed E-state index contributed by atoms with van der Waals surface area (Å²) < 4.78 is 16.2. The first-order chi connectivity index (χ1) is 13.9. The van der Waals surface area contributed by atoms with Crippen LogP contribution in [-0.4, -0.2) is 36.7 Å². The summed E-state index contributed by atoms with van der Waals surface area (Å²) in [6, 6.07) is 7.34. The minimum Gasteiger partial charge on any atom is -0.494 e. The lowest BCUT2D eigenvalue weighted by Crippen LogP contribution is -2.17. The quantitative estimate of drug-likeness (QED) is 0.441. The monoisotopic (exact) mass is 399 g/mol. The molecule has 0 spiro atoms. The van der Waals surface area contributed by atoms with Crippen LogP contribution in [0, 0.1) is 13.8 Å². The topological polar surface area (TPSA) is 74.7 Å². The van der Waals surface area contributed by atoms with Gasteiger partial charge in [0.1, 0.15) is 5.75 Å². The molecule has 0 amide bonds. The average Bonchev–Trinajstić information content (AvgIpc) is 2.68. The average molecular weight is 399 g/mol. The molecule has 2 rings (SSSR count). The number of aromatic nitrogens is 1. The van der Waals surface area contributed by atoms with Gasteiger partial charge in [0.2, 0.25) is 0 Å².